The summed E-state index contributed by atoms with van der Waals surface area (Å²) in [6.45, 7) is 1.87. The summed E-state index contributed by atoms with van der Waals surface area (Å²) in [5.41, 5.74) is 1.72. The van der Waals surface area contributed by atoms with Gasteiger partial charge in [0.25, 0.3) is 0 Å². The first-order chi connectivity index (χ1) is 9.61. The number of aromatic nitrogens is 2. The lowest BCUT2D eigenvalue weighted by Gasteiger charge is -2.05. The minimum Gasteiger partial charge on any atom is -0.466 e. The topological polar surface area (TPSA) is 44.1 Å². The molecule has 0 N–H and O–H groups in total. The Morgan fingerprint density at radius 3 is 2.70 bits per heavy atom. The molecule has 0 radical (unpaired) electrons. The van der Waals surface area contributed by atoms with Crippen molar-refractivity contribution in [2.75, 3.05) is 7.11 Å². The second kappa shape index (κ2) is 6.43. The number of allylic oxidation sites excluding steroid dienone is 1. The molecule has 0 bridgehead atoms. The molecule has 2 rings (SSSR count). The molecule has 0 spiro atoms. The van der Waals surface area contributed by atoms with E-state index in [2.05, 4.69) is 9.72 Å². The average molecular weight is 288 g/mol. The first-order valence-electron chi connectivity index (χ1n) is 6.13. The predicted octanol–water partition coefficient (Wildman–Crippen LogP) is 3.15. The SMILES string of the molecule is COC(=O)/C=C(\C)c1cnc(Sc2ccccc2)n1C. The molecule has 0 aliphatic rings. The largest absolute Gasteiger partial charge is 0.466 e. The molecule has 0 atom stereocenters. The zero-order valence-corrected chi connectivity index (χ0v) is 12.5. The summed E-state index contributed by atoms with van der Waals surface area (Å²) in [7, 11) is 3.30. The fraction of sp³-hybridized carbons (Fsp3) is 0.200. The standard InChI is InChI=1S/C15H16N2O2S/c1-11(9-14(18)19-3)13-10-16-15(17(13)2)20-12-7-5-4-6-8-12/h4-10H,1-3H3/b11-9+. The maximum absolute atomic E-state index is 11.3. The minimum atomic E-state index is -0.360. The third-order valence-corrected chi connectivity index (χ3v) is 3.91. The average Bonchev–Trinajstić information content (AvgIpc) is 2.81. The van der Waals surface area contributed by atoms with Gasteiger partial charge in [-0.2, -0.15) is 0 Å². The normalized spacial score (nSPS) is 11.4. The molecular weight excluding hydrogens is 272 g/mol. The van der Waals surface area contributed by atoms with E-state index >= 15 is 0 Å². The molecule has 1 aromatic heterocycles. The van der Waals surface area contributed by atoms with E-state index in [9.17, 15) is 4.79 Å². The first-order valence-corrected chi connectivity index (χ1v) is 6.94. The predicted molar refractivity (Wildman–Crippen MR) is 79.4 cm³/mol. The van der Waals surface area contributed by atoms with Crippen molar-refractivity contribution in [3.8, 4) is 0 Å². The molecule has 4 nitrogen and oxygen atoms in total. The number of benzene rings is 1. The molecule has 5 heteroatoms. The molecule has 0 aliphatic carbocycles. The fourth-order valence-corrected chi connectivity index (χ4v) is 2.60. The summed E-state index contributed by atoms with van der Waals surface area (Å²) >= 11 is 1.59. The number of imidazole rings is 1. The number of hydrogen-bond acceptors (Lipinski definition) is 4. The van der Waals surface area contributed by atoms with E-state index in [1.54, 1.807) is 18.0 Å². The number of nitrogens with zero attached hydrogens (tertiary/aromatic N) is 2. The highest BCUT2D eigenvalue weighted by atomic mass is 32.2. The van der Waals surface area contributed by atoms with Crippen LogP contribution in [0.4, 0.5) is 0 Å². The van der Waals surface area contributed by atoms with Gasteiger partial charge in [-0.1, -0.05) is 30.0 Å². The van der Waals surface area contributed by atoms with E-state index in [-0.39, 0.29) is 5.97 Å². The number of esters is 1. The Kier molecular flexibility index (Phi) is 4.63. The van der Waals surface area contributed by atoms with Crippen LogP contribution in [0.5, 0.6) is 0 Å². The summed E-state index contributed by atoms with van der Waals surface area (Å²) in [5.74, 6) is -0.360. The van der Waals surface area contributed by atoms with Crippen LogP contribution in [0.3, 0.4) is 0 Å². The van der Waals surface area contributed by atoms with Crippen molar-refractivity contribution in [3.05, 3.63) is 48.3 Å². The van der Waals surface area contributed by atoms with E-state index in [1.807, 2.05) is 48.9 Å². The van der Waals surface area contributed by atoms with Crippen LogP contribution in [-0.2, 0) is 16.6 Å². The van der Waals surface area contributed by atoms with Gasteiger partial charge in [-0.05, 0) is 24.6 Å². The van der Waals surface area contributed by atoms with Crippen molar-refractivity contribution in [2.24, 2.45) is 7.05 Å². The Labute approximate surface area is 122 Å². The Morgan fingerprint density at radius 1 is 1.35 bits per heavy atom. The van der Waals surface area contributed by atoms with Crippen molar-refractivity contribution >= 4 is 23.3 Å². The Balaban J connectivity index is 2.23. The number of hydrogen-bond donors (Lipinski definition) is 0. The summed E-state index contributed by atoms with van der Waals surface area (Å²) in [5, 5.41) is 0.879. The van der Waals surface area contributed by atoms with Gasteiger partial charge in [0.1, 0.15) is 0 Å². The van der Waals surface area contributed by atoms with Gasteiger partial charge in [0.2, 0.25) is 0 Å². The van der Waals surface area contributed by atoms with Gasteiger partial charge in [-0.3, -0.25) is 0 Å². The second-order valence-electron chi connectivity index (χ2n) is 4.25. The van der Waals surface area contributed by atoms with E-state index in [1.165, 1.54) is 13.2 Å². The molecular formula is C15H16N2O2S. The number of carbonyl (C=O) groups is 1. The van der Waals surface area contributed by atoms with Gasteiger partial charge < -0.3 is 9.30 Å². The smallest absolute Gasteiger partial charge is 0.330 e. The van der Waals surface area contributed by atoms with Crippen LogP contribution in [0, 0.1) is 0 Å². The van der Waals surface area contributed by atoms with Crippen LogP contribution in [0.15, 0.2) is 52.7 Å². The molecule has 20 heavy (non-hydrogen) atoms. The third kappa shape index (κ3) is 3.30. The highest BCUT2D eigenvalue weighted by molar-refractivity contribution is 7.99. The molecule has 0 unspecified atom stereocenters. The van der Waals surface area contributed by atoms with Crippen LogP contribution < -0.4 is 0 Å². The second-order valence-corrected chi connectivity index (χ2v) is 5.29. The van der Waals surface area contributed by atoms with Crippen LogP contribution >= 0.6 is 11.8 Å². The van der Waals surface area contributed by atoms with E-state index in [4.69, 9.17) is 0 Å². The molecule has 0 aliphatic heterocycles. The Bertz CT molecular complexity index is 633. The van der Waals surface area contributed by atoms with E-state index < -0.39 is 0 Å². The molecule has 0 fully saturated rings. The summed E-state index contributed by atoms with van der Waals surface area (Å²) < 4.78 is 6.60. The summed E-state index contributed by atoms with van der Waals surface area (Å²) in [6, 6.07) is 10.0. The van der Waals surface area contributed by atoms with Crippen LogP contribution in [0.2, 0.25) is 0 Å². The van der Waals surface area contributed by atoms with Gasteiger partial charge >= 0.3 is 5.97 Å². The number of carbonyl (C=O) groups excluding carboxylic acids is 1. The van der Waals surface area contributed by atoms with Crippen molar-refractivity contribution in [1.29, 1.82) is 0 Å². The lowest BCUT2D eigenvalue weighted by atomic mass is 10.2. The lowest BCUT2D eigenvalue weighted by Crippen LogP contribution is -1.99. The van der Waals surface area contributed by atoms with Gasteiger partial charge in [-0.25, -0.2) is 9.78 Å². The van der Waals surface area contributed by atoms with Gasteiger partial charge in [0.15, 0.2) is 5.16 Å². The van der Waals surface area contributed by atoms with Gasteiger partial charge in [0, 0.05) is 18.0 Å². The van der Waals surface area contributed by atoms with Gasteiger partial charge in [0.05, 0.1) is 19.0 Å². The Morgan fingerprint density at radius 2 is 2.05 bits per heavy atom. The van der Waals surface area contributed by atoms with Crippen molar-refractivity contribution < 1.29 is 9.53 Å². The zero-order valence-electron chi connectivity index (χ0n) is 11.7. The van der Waals surface area contributed by atoms with Crippen LogP contribution in [-0.4, -0.2) is 22.6 Å². The van der Waals surface area contributed by atoms with Crippen molar-refractivity contribution in [3.63, 3.8) is 0 Å². The molecule has 0 saturated heterocycles. The van der Waals surface area contributed by atoms with Gasteiger partial charge in [-0.15, -0.1) is 0 Å². The highest BCUT2D eigenvalue weighted by Gasteiger charge is 2.10. The monoisotopic (exact) mass is 288 g/mol. The summed E-state index contributed by atoms with van der Waals surface area (Å²) in [4.78, 5) is 16.8. The zero-order chi connectivity index (χ0) is 14.5. The van der Waals surface area contributed by atoms with Crippen molar-refractivity contribution in [2.45, 2.75) is 17.0 Å². The molecule has 1 aromatic carbocycles. The quantitative estimate of drug-likeness (QED) is 0.640. The molecule has 0 amide bonds. The molecule has 1 heterocycles. The highest BCUT2D eigenvalue weighted by Crippen LogP contribution is 2.28. The van der Waals surface area contributed by atoms with Crippen LogP contribution in [0.1, 0.15) is 12.6 Å². The number of methoxy groups -OCH3 is 1. The molecule has 0 saturated carbocycles. The first kappa shape index (κ1) is 14.4. The third-order valence-electron chi connectivity index (χ3n) is 2.84. The maximum atomic E-state index is 11.3. The van der Waals surface area contributed by atoms with Crippen LogP contribution in [0.25, 0.3) is 5.57 Å². The fourth-order valence-electron chi connectivity index (χ4n) is 1.76. The number of ether oxygens (including phenoxy) is 1. The van der Waals surface area contributed by atoms with Crippen molar-refractivity contribution in [1.82, 2.24) is 9.55 Å². The number of rotatable bonds is 4. The summed E-state index contributed by atoms with van der Waals surface area (Å²) in [6.07, 6.45) is 3.23. The van der Waals surface area contributed by atoms with E-state index in [0.717, 1.165) is 21.3 Å². The van der Waals surface area contributed by atoms with E-state index in [0.29, 0.717) is 0 Å². The maximum Gasteiger partial charge on any atom is 0.330 e. The molecule has 104 valence electrons. The molecule has 2 aromatic rings. The lowest BCUT2D eigenvalue weighted by molar-refractivity contribution is -0.134. The Hall–Kier alpha value is -2.01. The minimum absolute atomic E-state index is 0.360.